The Morgan fingerprint density at radius 1 is 1.09 bits per heavy atom. The van der Waals surface area contributed by atoms with Crippen LogP contribution in [0.3, 0.4) is 0 Å². The van der Waals surface area contributed by atoms with E-state index in [1.807, 2.05) is 24.3 Å². The summed E-state index contributed by atoms with van der Waals surface area (Å²) in [6, 6.07) is 8.01. The second-order valence-corrected chi connectivity index (χ2v) is 5.52. The number of aryl methyl sites for hydroxylation is 2. The van der Waals surface area contributed by atoms with E-state index in [2.05, 4.69) is 16.9 Å². The zero-order valence-electron chi connectivity index (χ0n) is 12.8. The second-order valence-electron chi connectivity index (χ2n) is 5.52. The summed E-state index contributed by atoms with van der Waals surface area (Å²) in [7, 11) is 0. The zero-order valence-corrected chi connectivity index (χ0v) is 13.7. The van der Waals surface area contributed by atoms with Crippen molar-refractivity contribution in [3.63, 3.8) is 0 Å². The molecule has 0 bridgehead atoms. The third-order valence-corrected chi connectivity index (χ3v) is 3.90. The highest BCUT2D eigenvalue weighted by Crippen LogP contribution is 2.22. The lowest BCUT2D eigenvalue weighted by Crippen LogP contribution is -2.17. The highest BCUT2D eigenvalue weighted by atomic mass is 35.5. The molecular weight excluding hydrogens is 298 g/mol. The van der Waals surface area contributed by atoms with Crippen LogP contribution in [0.2, 0.25) is 0 Å². The van der Waals surface area contributed by atoms with Gasteiger partial charge in [-0.2, -0.15) is 0 Å². The lowest BCUT2D eigenvalue weighted by Gasteiger charge is -2.18. The second kappa shape index (κ2) is 7.56. The molecule has 1 aromatic heterocycles. The summed E-state index contributed by atoms with van der Waals surface area (Å²) in [6.45, 7) is 2.93. The van der Waals surface area contributed by atoms with Gasteiger partial charge in [-0.3, -0.25) is 0 Å². The molecule has 1 heterocycles. The number of nitrogens with two attached hydrogens (primary N) is 1. The summed E-state index contributed by atoms with van der Waals surface area (Å²) in [6.07, 6.45) is 4.50. The zero-order chi connectivity index (χ0) is 14.7. The van der Waals surface area contributed by atoms with E-state index in [1.165, 1.54) is 29.7 Å². The molecule has 0 atom stereocenters. The summed E-state index contributed by atoms with van der Waals surface area (Å²) in [5.74, 6) is 1.58. The number of hydrogen-bond acceptors (Lipinski definition) is 4. The summed E-state index contributed by atoms with van der Waals surface area (Å²) in [4.78, 5) is 9.24. The van der Waals surface area contributed by atoms with Crippen molar-refractivity contribution in [2.24, 2.45) is 5.73 Å². The van der Waals surface area contributed by atoms with E-state index < -0.39 is 0 Å². The fourth-order valence-electron chi connectivity index (χ4n) is 2.74. The Balaban J connectivity index is 0.00000176. The Labute approximate surface area is 137 Å². The minimum atomic E-state index is 0. The van der Waals surface area contributed by atoms with Gasteiger partial charge < -0.3 is 10.5 Å². The van der Waals surface area contributed by atoms with Crippen molar-refractivity contribution in [3.8, 4) is 5.75 Å². The fraction of sp³-hybridized carbons (Fsp3) is 0.412. The quantitative estimate of drug-likeness (QED) is 0.940. The molecule has 22 heavy (non-hydrogen) atoms. The number of rotatable bonds is 4. The van der Waals surface area contributed by atoms with E-state index in [0.717, 1.165) is 30.1 Å². The Morgan fingerprint density at radius 2 is 1.82 bits per heavy atom. The average Bonchev–Trinajstić information content (AvgIpc) is 2.53. The Bertz CT molecular complexity index is 611. The van der Waals surface area contributed by atoms with Crippen molar-refractivity contribution in [2.75, 3.05) is 0 Å². The van der Waals surface area contributed by atoms with Gasteiger partial charge in [0.15, 0.2) is 5.82 Å². The molecule has 0 saturated heterocycles. The number of halogens is 1. The summed E-state index contributed by atoms with van der Waals surface area (Å²) in [5.41, 5.74) is 10.5. The van der Waals surface area contributed by atoms with Crippen LogP contribution in [-0.4, -0.2) is 9.97 Å². The molecule has 1 aliphatic carbocycles. The number of aromatic nitrogens is 2. The fourth-order valence-corrected chi connectivity index (χ4v) is 2.74. The molecular formula is C17H22ClN3O. The van der Waals surface area contributed by atoms with E-state index in [-0.39, 0.29) is 12.4 Å². The minimum Gasteiger partial charge on any atom is -0.486 e. The van der Waals surface area contributed by atoms with Gasteiger partial charge in [0.2, 0.25) is 0 Å². The van der Waals surface area contributed by atoms with Crippen molar-refractivity contribution < 1.29 is 4.74 Å². The first-order chi connectivity index (χ1) is 10.3. The molecule has 2 aromatic rings. The van der Waals surface area contributed by atoms with Crippen molar-refractivity contribution in [1.82, 2.24) is 9.97 Å². The first-order valence-corrected chi connectivity index (χ1v) is 7.53. The van der Waals surface area contributed by atoms with E-state index >= 15 is 0 Å². The van der Waals surface area contributed by atoms with E-state index in [4.69, 9.17) is 10.5 Å². The molecule has 0 radical (unpaired) electrons. The molecule has 0 saturated carbocycles. The van der Waals surface area contributed by atoms with Gasteiger partial charge in [-0.05, 0) is 50.3 Å². The minimum absolute atomic E-state index is 0. The molecule has 2 N–H and O–H groups in total. The van der Waals surface area contributed by atoms with Crippen LogP contribution < -0.4 is 10.5 Å². The molecule has 0 fully saturated rings. The summed E-state index contributed by atoms with van der Waals surface area (Å²) >= 11 is 0. The van der Waals surface area contributed by atoms with Gasteiger partial charge in [0.25, 0.3) is 0 Å². The normalized spacial score (nSPS) is 13.2. The maximum Gasteiger partial charge on any atom is 0.166 e. The number of ether oxygens (including phenoxy) is 1. The Kier molecular flexibility index (Phi) is 5.75. The molecule has 0 amide bonds. The van der Waals surface area contributed by atoms with Crippen LogP contribution in [0.15, 0.2) is 24.3 Å². The molecule has 0 aliphatic heterocycles. The number of nitrogens with zero attached hydrogens (tertiary/aromatic N) is 2. The van der Waals surface area contributed by atoms with Gasteiger partial charge in [0, 0.05) is 12.2 Å². The van der Waals surface area contributed by atoms with Crippen molar-refractivity contribution in [1.29, 1.82) is 0 Å². The summed E-state index contributed by atoms with van der Waals surface area (Å²) in [5, 5.41) is 0. The van der Waals surface area contributed by atoms with Gasteiger partial charge in [-0.15, -0.1) is 12.4 Å². The molecule has 5 heteroatoms. The van der Waals surface area contributed by atoms with Crippen LogP contribution in [0.4, 0.5) is 0 Å². The van der Waals surface area contributed by atoms with Gasteiger partial charge >= 0.3 is 0 Å². The van der Waals surface area contributed by atoms with E-state index in [9.17, 15) is 0 Å². The van der Waals surface area contributed by atoms with Crippen LogP contribution >= 0.6 is 12.4 Å². The van der Waals surface area contributed by atoms with Gasteiger partial charge in [0.1, 0.15) is 12.4 Å². The molecule has 3 rings (SSSR count). The SMILES string of the molecule is Cc1ccc(OCc2nc(CN)c3c(n2)CCCC3)cc1.Cl. The van der Waals surface area contributed by atoms with Crippen LogP contribution in [0.25, 0.3) is 0 Å². The van der Waals surface area contributed by atoms with Crippen molar-refractivity contribution in [2.45, 2.75) is 45.8 Å². The third-order valence-electron chi connectivity index (χ3n) is 3.90. The highest BCUT2D eigenvalue weighted by Gasteiger charge is 2.17. The van der Waals surface area contributed by atoms with Gasteiger partial charge in [-0.1, -0.05) is 17.7 Å². The van der Waals surface area contributed by atoms with Crippen LogP contribution in [0, 0.1) is 6.92 Å². The predicted octanol–water partition coefficient (Wildman–Crippen LogP) is 3.12. The monoisotopic (exact) mass is 319 g/mol. The first kappa shape index (κ1) is 16.7. The lowest BCUT2D eigenvalue weighted by atomic mass is 9.94. The number of hydrogen-bond donors (Lipinski definition) is 1. The van der Waals surface area contributed by atoms with Crippen LogP contribution in [-0.2, 0) is 26.0 Å². The third kappa shape index (κ3) is 3.76. The van der Waals surface area contributed by atoms with Crippen LogP contribution in [0.5, 0.6) is 5.75 Å². The predicted molar refractivity (Wildman–Crippen MR) is 89.3 cm³/mol. The van der Waals surface area contributed by atoms with Crippen LogP contribution in [0.1, 0.15) is 41.2 Å². The Morgan fingerprint density at radius 3 is 2.55 bits per heavy atom. The molecule has 1 aliphatic rings. The van der Waals surface area contributed by atoms with Crippen molar-refractivity contribution in [3.05, 3.63) is 52.6 Å². The highest BCUT2D eigenvalue weighted by molar-refractivity contribution is 5.85. The molecule has 0 unspecified atom stereocenters. The smallest absolute Gasteiger partial charge is 0.166 e. The molecule has 0 spiro atoms. The van der Waals surface area contributed by atoms with E-state index in [0.29, 0.717) is 13.2 Å². The topological polar surface area (TPSA) is 61.0 Å². The molecule has 1 aromatic carbocycles. The lowest BCUT2D eigenvalue weighted by molar-refractivity contribution is 0.294. The average molecular weight is 320 g/mol. The number of benzene rings is 1. The summed E-state index contributed by atoms with van der Waals surface area (Å²) < 4.78 is 5.77. The van der Waals surface area contributed by atoms with E-state index in [1.54, 1.807) is 0 Å². The van der Waals surface area contributed by atoms with Gasteiger partial charge in [-0.25, -0.2) is 9.97 Å². The maximum absolute atomic E-state index is 5.84. The van der Waals surface area contributed by atoms with Crippen molar-refractivity contribution >= 4 is 12.4 Å². The maximum atomic E-state index is 5.84. The molecule has 118 valence electrons. The largest absolute Gasteiger partial charge is 0.486 e. The van der Waals surface area contributed by atoms with Gasteiger partial charge in [0.05, 0.1) is 5.69 Å². The Hall–Kier alpha value is -1.65. The number of fused-ring (bicyclic) bond motifs is 1. The molecule has 4 nitrogen and oxygen atoms in total. The standard InChI is InChI=1S/C17H21N3O.ClH/c1-12-6-8-13(9-7-12)21-11-17-19-15-5-3-2-4-14(15)16(10-18)20-17;/h6-9H,2-5,10-11,18H2,1H3;1H. The first-order valence-electron chi connectivity index (χ1n) is 7.53.